The molecule has 0 unspecified atom stereocenters. The minimum Gasteiger partial charge on any atom is -0.457 e. The van der Waals surface area contributed by atoms with E-state index in [1.54, 1.807) is 0 Å². The second kappa shape index (κ2) is 5.68. The van der Waals surface area contributed by atoms with Crippen LogP contribution in [-0.2, 0) is 5.92 Å². The van der Waals surface area contributed by atoms with E-state index in [-0.39, 0.29) is 11.4 Å². The molecule has 26 heavy (non-hydrogen) atoms. The number of rotatable bonds is 2. The van der Waals surface area contributed by atoms with E-state index in [2.05, 4.69) is 4.85 Å². The van der Waals surface area contributed by atoms with Crippen molar-refractivity contribution >= 4 is 5.69 Å². The molecule has 0 amide bonds. The number of nitriles is 1. The Morgan fingerprint density at radius 1 is 1.19 bits per heavy atom. The summed E-state index contributed by atoms with van der Waals surface area (Å²) in [5.41, 5.74) is -2.97. The van der Waals surface area contributed by atoms with Crippen LogP contribution in [0.3, 0.4) is 0 Å². The molecule has 0 saturated carbocycles. The van der Waals surface area contributed by atoms with Gasteiger partial charge in [-0.2, -0.15) is 22.8 Å². The molecule has 2 aromatic rings. The Kier molecular flexibility index (Phi) is 3.86. The Hall–Kier alpha value is -3.17. The van der Waals surface area contributed by atoms with Crippen molar-refractivity contribution < 1.29 is 31.8 Å². The van der Waals surface area contributed by atoms with E-state index in [9.17, 15) is 32.3 Å². The highest BCUT2D eigenvalue weighted by Crippen LogP contribution is 2.59. The molecule has 132 valence electrons. The maximum Gasteiger partial charge on any atom is 0.343 e. The smallest absolute Gasteiger partial charge is 0.343 e. The zero-order valence-corrected chi connectivity index (χ0v) is 12.6. The van der Waals surface area contributed by atoms with Crippen LogP contribution < -0.4 is 4.74 Å². The summed E-state index contributed by atoms with van der Waals surface area (Å²) in [4.78, 5) is 3.01. The highest BCUT2D eigenvalue weighted by atomic mass is 19.3. The van der Waals surface area contributed by atoms with Gasteiger partial charge in [0.2, 0.25) is 0 Å². The van der Waals surface area contributed by atoms with E-state index in [1.165, 1.54) is 6.07 Å². The van der Waals surface area contributed by atoms with Gasteiger partial charge in [0.15, 0.2) is 11.8 Å². The third kappa shape index (κ3) is 2.37. The first kappa shape index (κ1) is 17.6. The first-order valence-electron chi connectivity index (χ1n) is 7.00. The molecule has 9 heteroatoms. The van der Waals surface area contributed by atoms with Crippen molar-refractivity contribution in [3.05, 3.63) is 64.3 Å². The monoisotopic (exact) mass is 366 g/mol. The lowest BCUT2D eigenvalue weighted by Crippen LogP contribution is -2.36. The lowest BCUT2D eigenvalue weighted by molar-refractivity contribution is -0.246. The molecule has 3 rings (SSSR count). The van der Waals surface area contributed by atoms with Gasteiger partial charge in [-0.1, -0.05) is 0 Å². The van der Waals surface area contributed by atoms with Crippen molar-refractivity contribution in [2.75, 3.05) is 0 Å². The standard InChI is InChI=1S/C17H7F5N2O2/c1-24-9-4-8(18)5-10(6-9)26-13-3-2-12-14(11(13)7-23)15(25)17(21,22)16(12,19)20/h2-6,15,25H/t15-/m1/s1. The number of alkyl halides is 4. The Labute approximate surface area is 143 Å². The summed E-state index contributed by atoms with van der Waals surface area (Å²) in [6.45, 7) is 6.86. The first-order valence-corrected chi connectivity index (χ1v) is 7.00. The summed E-state index contributed by atoms with van der Waals surface area (Å²) >= 11 is 0. The predicted octanol–water partition coefficient (Wildman–Crippen LogP) is 4.81. The fourth-order valence-corrected chi connectivity index (χ4v) is 2.69. The van der Waals surface area contributed by atoms with Crippen LogP contribution in [0.1, 0.15) is 22.8 Å². The summed E-state index contributed by atoms with van der Waals surface area (Å²) in [5.74, 6) is -11.0. The van der Waals surface area contributed by atoms with Gasteiger partial charge in [-0.05, 0) is 24.3 Å². The van der Waals surface area contributed by atoms with Gasteiger partial charge in [0.1, 0.15) is 28.9 Å². The van der Waals surface area contributed by atoms with E-state index in [1.807, 2.05) is 0 Å². The molecule has 0 radical (unpaired) electrons. The molecule has 0 spiro atoms. The quantitative estimate of drug-likeness (QED) is 0.613. The van der Waals surface area contributed by atoms with Crippen LogP contribution in [0.25, 0.3) is 4.85 Å². The van der Waals surface area contributed by atoms with Crippen LogP contribution in [0.2, 0.25) is 0 Å². The molecule has 0 bridgehead atoms. The minimum atomic E-state index is -4.80. The van der Waals surface area contributed by atoms with Crippen LogP contribution in [-0.4, -0.2) is 11.0 Å². The Bertz CT molecular complexity index is 992. The highest BCUT2D eigenvalue weighted by molar-refractivity contribution is 5.59. The lowest BCUT2D eigenvalue weighted by atomic mass is 10.0. The van der Waals surface area contributed by atoms with Gasteiger partial charge in [0, 0.05) is 17.2 Å². The van der Waals surface area contributed by atoms with Crippen LogP contribution in [0.5, 0.6) is 11.5 Å². The Morgan fingerprint density at radius 2 is 1.88 bits per heavy atom. The van der Waals surface area contributed by atoms with Gasteiger partial charge in [0.25, 0.3) is 0 Å². The fourth-order valence-electron chi connectivity index (χ4n) is 2.69. The molecule has 0 aromatic heterocycles. The van der Waals surface area contributed by atoms with Gasteiger partial charge in [0.05, 0.1) is 6.57 Å². The number of nitrogens with zero attached hydrogens (tertiary/aromatic N) is 2. The molecule has 2 aromatic carbocycles. The van der Waals surface area contributed by atoms with Crippen LogP contribution in [0.15, 0.2) is 30.3 Å². The van der Waals surface area contributed by atoms with Crippen LogP contribution >= 0.6 is 0 Å². The number of ether oxygens (including phenoxy) is 1. The van der Waals surface area contributed by atoms with Gasteiger partial charge in [-0.15, -0.1) is 0 Å². The number of fused-ring (bicyclic) bond motifs is 1. The average molecular weight is 366 g/mol. The molecule has 1 aliphatic carbocycles. The predicted molar refractivity (Wildman–Crippen MR) is 77.7 cm³/mol. The van der Waals surface area contributed by atoms with Crippen LogP contribution in [0, 0.1) is 23.7 Å². The van der Waals surface area contributed by atoms with Crippen molar-refractivity contribution in [2.45, 2.75) is 17.9 Å². The number of benzene rings is 2. The maximum absolute atomic E-state index is 13.8. The minimum absolute atomic E-state index is 0.127. The second-order valence-electron chi connectivity index (χ2n) is 5.47. The Morgan fingerprint density at radius 3 is 2.50 bits per heavy atom. The molecule has 1 N–H and O–H groups in total. The SMILES string of the molecule is [C-]#[N+]c1cc(F)cc(Oc2ccc3c(c2C#N)[C@@H](O)C(F)(F)C3(F)F)c1. The molecule has 4 nitrogen and oxygen atoms in total. The van der Waals surface area contributed by atoms with Crippen LogP contribution in [0.4, 0.5) is 27.6 Å². The van der Waals surface area contributed by atoms with E-state index in [0.29, 0.717) is 6.07 Å². The molecule has 1 atom stereocenters. The summed E-state index contributed by atoms with van der Waals surface area (Å²) in [6.07, 6.45) is -2.91. The van der Waals surface area contributed by atoms with E-state index >= 15 is 0 Å². The number of aliphatic hydroxyl groups is 1. The summed E-state index contributed by atoms with van der Waals surface area (Å²) in [5, 5.41) is 18.9. The summed E-state index contributed by atoms with van der Waals surface area (Å²) in [6, 6.07) is 5.82. The molecular weight excluding hydrogens is 359 g/mol. The zero-order chi connectivity index (χ0) is 19.3. The van der Waals surface area contributed by atoms with E-state index in [0.717, 1.165) is 24.3 Å². The fraction of sp³-hybridized carbons (Fsp3) is 0.176. The number of halogens is 5. The third-order valence-corrected chi connectivity index (χ3v) is 3.91. The summed E-state index contributed by atoms with van der Waals surface area (Å²) in [7, 11) is 0. The average Bonchev–Trinajstić information content (AvgIpc) is 2.72. The van der Waals surface area contributed by atoms with Crippen molar-refractivity contribution in [3.63, 3.8) is 0 Å². The van der Waals surface area contributed by atoms with E-state index < -0.39 is 46.2 Å². The maximum atomic E-state index is 13.8. The third-order valence-electron chi connectivity index (χ3n) is 3.91. The zero-order valence-electron chi connectivity index (χ0n) is 12.6. The van der Waals surface area contributed by atoms with Crippen molar-refractivity contribution in [3.8, 4) is 17.6 Å². The second-order valence-corrected chi connectivity index (χ2v) is 5.47. The van der Waals surface area contributed by atoms with Gasteiger partial charge >= 0.3 is 11.8 Å². The van der Waals surface area contributed by atoms with Gasteiger partial charge in [-0.25, -0.2) is 9.24 Å². The topological polar surface area (TPSA) is 57.6 Å². The number of hydrogen-bond donors (Lipinski definition) is 1. The lowest BCUT2D eigenvalue weighted by Gasteiger charge is -2.20. The molecular formula is C17H7F5N2O2. The molecule has 0 aliphatic heterocycles. The normalized spacial score (nSPS) is 19.3. The van der Waals surface area contributed by atoms with E-state index in [4.69, 9.17) is 11.3 Å². The van der Waals surface area contributed by atoms with Crippen molar-refractivity contribution in [1.82, 2.24) is 0 Å². The number of hydrogen-bond acceptors (Lipinski definition) is 3. The first-order chi connectivity index (χ1) is 12.1. The summed E-state index contributed by atoms with van der Waals surface area (Å²) < 4.78 is 73.8. The van der Waals surface area contributed by atoms with Crippen molar-refractivity contribution in [2.24, 2.45) is 0 Å². The highest BCUT2D eigenvalue weighted by Gasteiger charge is 2.69. The largest absolute Gasteiger partial charge is 0.457 e. The molecule has 0 heterocycles. The van der Waals surface area contributed by atoms with Gasteiger partial charge in [-0.3, -0.25) is 0 Å². The Balaban J connectivity index is 2.14. The molecule has 1 aliphatic rings. The molecule has 0 saturated heterocycles. The number of aliphatic hydroxyl groups excluding tert-OH is 1. The molecule has 0 fully saturated rings. The van der Waals surface area contributed by atoms with Crippen molar-refractivity contribution in [1.29, 1.82) is 5.26 Å². The van der Waals surface area contributed by atoms with Gasteiger partial charge < -0.3 is 9.84 Å².